The molecule has 28 heavy (non-hydrogen) atoms. The third kappa shape index (κ3) is 4.20. The molecule has 1 aliphatic rings. The van der Waals surface area contributed by atoms with Crippen molar-refractivity contribution in [3.05, 3.63) is 59.7 Å². The summed E-state index contributed by atoms with van der Waals surface area (Å²) in [5.41, 5.74) is 3.36. The smallest absolute Gasteiger partial charge is 0.277 e. The van der Waals surface area contributed by atoms with Gasteiger partial charge >= 0.3 is 0 Å². The van der Waals surface area contributed by atoms with Gasteiger partial charge in [0, 0.05) is 5.56 Å². The second kappa shape index (κ2) is 8.48. The summed E-state index contributed by atoms with van der Waals surface area (Å²) in [5.74, 6) is 1.39. The van der Waals surface area contributed by atoms with Crippen molar-refractivity contribution in [3.63, 3.8) is 0 Å². The molecule has 2 aromatic carbocycles. The first-order valence-electron chi connectivity index (χ1n) is 9.21. The highest BCUT2D eigenvalue weighted by molar-refractivity contribution is 7.99. The molecule has 1 aromatic heterocycles. The first-order valence-corrected chi connectivity index (χ1v) is 10.2. The first kappa shape index (κ1) is 18.6. The van der Waals surface area contributed by atoms with Gasteiger partial charge in [-0.05, 0) is 54.7 Å². The van der Waals surface area contributed by atoms with E-state index in [9.17, 15) is 4.79 Å². The first-order chi connectivity index (χ1) is 13.7. The average Bonchev–Trinajstić information content (AvgIpc) is 3.22. The summed E-state index contributed by atoms with van der Waals surface area (Å²) in [6, 6.07) is 15.8. The highest BCUT2D eigenvalue weighted by Gasteiger charge is 2.21. The van der Waals surface area contributed by atoms with Crippen molar-refractivity contribution in [3.8, 4) is 17.2 Å². The SMILES string of the molecule is COc1ccc(-c2nnc(SCC(=O)N[C@H]3CCCc4ccccc43)o2)cc1. The lowest BCUT2D eigenvalue weighted by molar-refractivity contribution is -0.119. The van der Waals surface area contributed by atoms with E-state index in [0.29, 0.717) is 11.1 Å². The molecule has 0 unspecified atom stereocenters. The van der Waals surface area contributed by atoms with E-state index in [4.69, 9.17) is 9.15 Å². The molecule has 1 atom stereocenters. The Morgan fingerprint density at radius 2 is 2.04 bits per heavy atom. The number of benzene rings is 2. The van der Waals surface area contributed by atoms with Crippen LogP contribution in [0.5, 0.6) is 5.75 Å². The number of carbonyl (C=O) groups is 1. The van der Waals surface area contributed by atoms with Gasteiger partial charge in [0.1, 0.15) is 5.75 Å². The lowest BCUT2D eigenvalue weighted by atomic mass is 9.88. The van der Waals surface area contributed by atoms with E-state index in [-0.39, 0.29) is 17.7 Å². The van der Waals surface area contributed by atoms with Crippen LogP contribution in [0.3, 0.4) is 0 Å². The Labute approximate surface area is 167 Å². The number of fused-ring (bicyclic) bond motifs is 1. The highest BCUT2D eigenvalue weighted by Crippen LogP contribution is 2.30. The zero-order valence-electron chi connectivity index (χ0n) is 15.6. The van der Waals surface area contributed by atoms with Crippen molar-refractivity contribution >= 4 is 17.7 Å². The van der Waals surface area contributed by atoms with Gasteiger partial charge in [0.2, 0.25) is 11.8 Å². The van der Waals surface area contributed by atoms with Crippen LogP contribution in [-0.4, -0.2) is 29.0 Å². The maximum atomic E-state index is 12.4. The molecule has 7 heteroatoms. The molecule has 1 amide bonds. The Morgan fingerprint density at radius 1 is 1.21 bits per heavy atom. The van der Waals surface area contributed by atoms with E-state index in [0.717, 1.165) is 30.6 Å². The molecular weight excluding hydrogens is 374 g/mol. The Hall–Kier alpha value is -2.80. The van der Waals surface area contributed by atoms with Crippen molar-refractivity contribution in [2.24, 2.45) is 0 Å². The molecule has 1 heterocycles. The number of hydrogen-bond acceptors (Lipinski definition) is 6. The van der Waals surface area contributed by atoms with Crippen LogP contribution < -0.4 is 10.1 Å². The summed E-state index contributed by atoms with van der Waals surface area (Å²) in [6.45, 7) is 0. The zero-order valence-corrected chi connectivity index (χ0v) is 16.4. The van der Waals surface area contributed by atoms with Crippen LogP contribution in [0.1, 0.15) is 30.0 Å². The predicted octanol–water partition coefficient (Wildman–Crippen LogP) is 4.03. The Morgan fingerprint density at radius 3 is 2.86 bits per heavy atom. The molecule has 0 fully saturated rings. The van der Waals surface area contributed by atoms with Crippen molar-refractivity contribution in [1.29, 1.82) is 0 Å². The number of nitrogens with zero attached hydrogens (tertiary/aromatic N) is 2. The molecule has 3 aromatic rings. The van der Waals surface area contributed by atoms with Gasteiger partial charge in [-0.15, -0.1) is 10.2 Å². The summed E-state index contributed by atoms with van der Waals surface area (Å²) < 4.78 is 10.8. The molecule has 1 N–H and O–H groups in total. The van der Waals surface area contributed by atoms with Crippen LogP contribution in [0.2, 0.25) is 0 Å². The lowest BCUT2D eigenvalue weighted by Crippen LogP contribution is -2.32. The normalized spacial score (nSPS) is 15.7. The molecule has 0 aliphatic heterocycles. The molecule has 0 radical (unpaired) electrons. The number of carbonyl (C=O) groups excluding carboxylic acids is 1. The molecule has 6 nitrogen and oxygen atoms in total. The number of aromatic nitrogens is 2. The van der Waals surface area contributed by atoms with E-state index in [1.54, 1.807) is 7.11 Å². The minimum atomic E-state index is -0.0316. The number of ether oxygens (including phenoxy) is 1. The molecule has 1 aliphatic carbocycles. The second-order valence-electron chi connectivity index (χ2n) is 6.60. The highest BCUT2D eigenvalue weighted by atomic mass is 32.2. The fraction of sp³-hybridized carbons (Fsp3) is 0.286. The van der Waals surface area contributed by atoms with Crippen LogP contribution in [0, 0.1) is 0 Å². The maximum absolute atomic E-state index is 12.4. The number of amides is 1. The fourth-order valence-corrected chi connectivity index (χ4v) is 3.96. The summed E-state index contributed by atoms with van der Waals surface area (Å²) in [6.07, 6.45) is 3.13. The van der Waals surface area contributed by atoms with Crippen LogP contribution in [-0.2, 0) is 11.2 Å². The second-order valence-corrected chi connectivity index (χ2v) is 7.53. The Kier molecular flexibility index (Phi) is 5.62. The van der Waals surface area contributed by atoms with Crippen LogP contribution >= 0.6 is 11.8 Å². The quantitative estimate of drug-likeness (QED) is 0.635. The maximum Gasteiger partial charge on any atom is 0.277 e. The molecule has 0 saturated carbocycles. The minimum Gasteiger partial charge on any atom is -0.497 e. The van der Waals surface area contributed by atoms with Gasteiger partial charge in [-0.3, -0.25) is 4.79 Å². The predicted molar refractivity (Wildman–Crippen MR) is 107 cm³/mol. The van der Waals surface area contributed by atoms with Crippen molar-refractivity contribution in [2.45, 2.75) is 30.5 Å². The van der Waals surface area contributed by atoms with Gasteiger partial charge in [-0.25, -0.2) is 0 Å². The number of methoxy groups -OCH3 is 1. The Balaban J connectivity index is 1.34. The fourth-order valence-electron chi connectivity index (χ4n) is 3.39. The van der Waals surface area contributed by atoms with Gasteiger partial charge in [0.05, 0.1) is 18.9 Å². The Bertz CT molecular complexity index is 956. The van der Waals surface area contributed by atoms with Crippen LogP contribution in [0.15, 0.2) is 58.2 Å². The summed E-state index contributed by atoms with van der Waals surface area (Å²) >= 11 is 1.24. The number of hydrogen-bond donors (Lipinski definition) is 1. The third-order valence-corrected chi connectivity index (χ3v) is 5.59. The molecule has 144 valence electrons. The van der Waals surface area contributed by atoms with Crippen molar-refractivity contribution < 1.29 is 13.9 Å². The van der Waals surface area contributed by atoms with E-state index in [1.165, 1.54) is 22.9 Å². The summed E-state index contributed by atoms with van der Waals surface area (Å²) in [5, 5.41) is 11.6. The third-order valence-electron chi connectivity index (χ3n) is 4.77. The minimum absolute atomic E-state index is 0.0316. The lowest BCUT2D eigenvalue weighted by Gasteiger charge is -2.26. The van der Waals surface area contributed by atoms with Gasteiger partial charge < -0.3 is 14.5 Å². The molecule has 0 bridgehead atoms. The van der Waals surface area contributed by atoms with Gasteiger partial charge in [0.15, 0.2) is 0 Å². The van der Waals surface area contributed by atoms with Crippen molar-refractivity contribution in [2.75, 3.05) is 12.9 Å². The van der Waals surface area contributed by atoms with E-state index in [2.05, 4.69) is 33.7 Å². The van der Waals surface area contributed by atoms with E-state index in [1.807, 2.05) is 30.3 Å². The molecule has 0 saturated heterocycles. The number of thioether (sulfide) groups is 1. The van der Waals surface area contributed by atoms with Gasteiger partial charge in [0.25, 0.3) is 5.22 Å². The summed E-state index contributed by atoms with van der Waals surface area (Å²) in [4.78, 5) is 12.4. The standard InChI is InChI=1S/C21H21N3O3S/c1-26-16-11-9-15(10-12-16)20-23-24-21(27-20)28-13-19(25)22-18-8-4-6-14-5-2-3-7-17(14)18/h2-3,5,7,9-12,18H,4,6,8,13H2,1H3,(H,22,25)/t18-/m0/s1. The molecule has 4 rings (SSSR count). The monoisotopic (exact) mass is 395 g/mol. The van der Waals surface area contributed by atoms with Gasteiger partial charge in [-0.1, -0.05) is 36.0 Å². The average molecular weight is 395 g/mol. The van der Waals surface area contributed by atoms with Crippen LogP contribution in [0.25, 0.3) is 11.5 Å². The number of rotatable bonds is 6. The molecule has 0 spiro atoms. The van der Waals surface area contributed by atoms with Crippen molar-refractivity contribution in [1.82, 2.24) is 15.5 Å². The van der Waals surface area contributed by atoms with E-state index < -0.39 is 0 Å². The number of aryl methyl sites for hydroxylation is 1. The molecular formula is C21H21N3O3S. The van der Waals surface area contributed by atoms with E-state index >= 15 is 0 Å². The summed E-state index contributed by atoms with van der Waals surface area (Å²) in [7, 11) is 1.62. The zero-order chi connectivity index (χ0) is 19.3. The number of nitrogens with one attached hydrogen (secondary N) is 1. The van der Waals surface area contributed by atoms with Crippen LogP contribution in [0.4, 0.5) is 0 Å². The topological polar surface area (TPSA) is 77.2 Å². The largest absolute Gasteiger partial charge is 0.497 e. The van der Waals surface area contributed by atoms with Gasteiger partial charge in [-0.2, -0.15) is 0 Å².